The molecule has 0 saturated heterocycles. The maximum atomic E-state index is 12.6. The fraction of sp³-hybridized carbons (Fsp3) is 0.143. The second-order valence-corrected chi connectivity index (χ2v) is 6.35. The van der Waals surface area contributed by atoms with E-state index >= 15 is 0 Å². The standard InChI is InChI=1S/C21H20N4O/c22-12-19(16-8-7-14-4-1-2-5-15(14)10-16)25-20(26)11-17-13-24-21-18(17)6-3-9-23-21/h1-10,13,19H,11-12,22H2,(H,23,24)(H,25,26). The summed E-state index contributed by atoms with van der Waals surface area (Å²) in [5.41, 5.74) is 8.67. The predicted octanol–water partition coefficient (Wildman–Crippen LogP) is 3.07. The van der Waals surface area contributed by atoms with Crippen molar-refractivity contribution in [3.8, 4) is 0 Å². The number of nitrogens with two attached hydrogens (primary N) is 1. The number of hydrogen-bond acceptors (Lipinski definition) is 3. The Bertz CT molecular complexity index is 1070. The van der Waals surface area contributed by atoms with Gasteiger partial charge in [0, 0.05) is 24.3 Å². The van der Waals surface area contributed by atoms with Crippen LogP contribution in [0.3, 0.4) is 0 Å². The number of pyridine rings is 1. The number of hydrogen-bond donors (Lipinski definition) is 3. The quantitative estimate of drug-likeness (QED) is 0.520. The largest absolute Gasteiger partial charge is 0.348 e. The molecule has 2 aromatic carbocycles. The highest BCUT2D eigenvalue weighted by atomic mass is 16.1. The number of nitrogens with zero attached hydrogens (tertiary/aromatic N) is 1. The Hall–Kier alpha value is -3.18. The van der Waals surface area contributed by atoms with E-state index in [4.69, 9.17) is 5.73 Å². The van der Waals surface area contributed by atoms with Crippen LogP contribution in [0.4, 0.5) is 0 Å². The van der Waals surface area contributed by atoms with Crippen molar-refractivity contribution in [2.24, 2.45) is 5.73 Å². The molecule has 0 spiro atoms. The third kappa shape index (κ3) is 3.17. The van der Waals surface area contributed by atoms with E-state index in [1.807, 2.05) is 36.5 Å². The van der Waals surface area contributed by atoms with Crippen molar-refractivity contribution in [2.45, 2.75) is 12.5 Å². The Balaban J connectivity index is 1.52. The summed E-state index contributed by atoms with van der Waals surface area (Å²) in [6, 6.07) is 17.9. The Morgan fingerprint density at radius 2 is 1.96 bits per heavy atom. The number of nitrogens with one attached hydrogen (secondary N) is 2. The number of carbonyl (C=O) groups excluding carboxylic acids is 1. The molecular weight excluding hydrogens is 324 g/mol. The van der Waals surface area contributed by atoms with Crippen LogP contribution in [-0.2, 0) is 11.2 Å². The van der Waals surface area contributed by atoms with Gasteiger partial charge < -0.3 is 16.0 Å². The number of amides is 1. The summed E-state index contributed by atoms with van der Waals surface area (Å²) >= 11 is 0. The van der Waals surface area contributed by atoms with Gasteiger partial charge in [-0.25, -0.2) is 4.98 Å². The molecule has 4 rings (SSSR count). The van der Waals surface area contributed by atoms with Gasteiger partial charge in [-0.05, 0) is 40.1 Å². The summed E-state index contributed by atoms with van der Waals surface area (Å²) in [4.78, 5) is 19.9. The minimum atomic E-state index is -0.213. The highest BCUT2D eigenvalue weighted by Gasteiger charge is 2.15. The third-order valence-corrected chi connectivity index (χ3v) is 4.63. The van der Waals surface area contributed by atoms with E-state index < -0.39 is 0 Å². The number of benzene rings is 2. The van der Waals surface area contributed by atoms with Crippen LogP contribution in [0.15, 0.2) is 67.0 Å². The van der Waals surface area contributed by atoms with Crippen LogP contribution in [-0.4, -0.2) is 22.4 Å². The van der Waals surface area contributed by atoms with Crippen LogP contribution >= 0.6 is 0 Å². The molecule has 1 unspecified atom stereocenters. The van der Waals surface area contributed by atoms with E-state index in [1.54, 1.807) is 6.20 Å². The maximum Gasteiger partial charge on any atom is 0.225 e. The minimum absolute atomic E-state index is 0.0571. The highest BCUT2D eigenvalue weighted by Crippen LogP contribution is 2.21. The molecule has 0 aliphatic rings. The fourth-order valence-corrected chi connectivity index (χ4v) is 3.28. The first-order chi connectivity index (χ1) is 12.7. The Kier molecular flexibility index (Phi) is 4.37. The normalized spacial score (nSPS) is 12.3. The minimum Gasteiger partial charge on any atom is -0.348 e. The molecular formula is C21H20N4O. The van der Waals surface area contributed by atoms with Crippen molar-refractivity contribution < 1.29 is 4.79 Å². The van der Waals surface area contributed by atoms with Crippen LogP contribution in [0, 0.1) is 0 Å². The number of H-pyrrole nitrogens is 1. The van der Waals surface area contributed by atoms with E-state index in [1.165, 1.54) is 5.39 Å². The molecule has 1 amide bonds. The first-order valence-corrected chi connectivity index (χ1v) is 8.63. The van der Waals surface area contributed by atoms with Crippen LogP contribution in [0.2, 0.25) is 0 Å². The fourth-order valence-electron chi connectivity index (χ4n) is 3.28. The van der Waals surface area contributed by atoms with Gasteiger partial charge in [0.2, 0.25) is 5.91 Å². The summed E-state index contributed by atoms with van der Waals surface area (Å²) in [6.07, 6.45) is 3.85. The topological polar surface area (TPSA) is 83.8 Å². The molecule has 0 radical (unpaired) electrons. The maximum absolute atomic E-state index is 12.6. The number of carbonyl (C=O) groups is 1. The molecule has 0 aliphatic heterocycles. The predicted molar refractivity (Wildman–Crippen MR) is 104 cm³/mol. The zero-order valence-corrected chi connectivity index (χ0v) is 14.3. The van der Waals surface area contributed by atoms with Gasteiger partial charge >= 0.3 is 0 Å². The van der Waals surface area contributed by atoms with Crippen LogP contribution < -0.4 is 11.1 Å². The Labute approximate surface area is 151 Å². The lowest BCUT2D eigenvalue weighted by Crippen LogP contribution is -2.34. The molecule has 0 aliphatic carbocycles. The Morgan fingerprint density at radius 1 is 1.12 bits per heavy atom. The molecule has 0 saturated carbocycles. The van der Waals surface area contributed by atoms with Gasteiger partial charge in [0.15, 0.2) is 0 Å². The number of aromatic amines is 1. The van der Waals surface area contributed by atoms with Gasteiger partial charge in [0.25, 0.3) is 0 Å². The average Bonchev–Trinajstić information content (AvgIpc) is 3.08. The van der Waals surface area contributed by atoms with Crippen molar-refractivity contribution in [2.75, 3.05) is 6.54 Å². The van der Waals surface area contributed by atoms with Crippen LogP contribution in [0.25, 0.3) is 21.8 Å². The molecule has 130 valence electrons. The zero-order chi connectivity index (χ0) is 17.9. The Morgan fingerprint density at radius 3 is 2.81 bits per heavy atom. The smallest absolute Gasteiger partial charge is 0.225 e. The highest BCUT2D eigenvalue weighted by molar-refractivity contribution is 5.87. The first kappa shape index (κ1) is 16.3. The third-order valence-electron chi connectivity index (χ3n) is 4.63. The van der Waals surface area contributed by atoms with E-state index in [9.17, 15) is 4.79 Å². The second kappa shape index (κ2) is 6.98. The van der Waals surface area contributed by atoms with Gasteiger partial charge in [-0.1, -0.05) is 36.4 Å². The summed E-state index contributed by atoms with van der Waals surface area (Å²) in [7, 11) is 0. The van der Waals surface area contributed by atoms with Crippen molar-refractivity contribution >= 4 is 27.7 Å². The van der Waals surface area contributed by atoms with Gasteiger partial charge in [-0.15, -0.1) is 0 Å². The lowest BCUT2D eigenvalue weighted by atomic mass is 10.0. The van der Waals surface area contributed by atoms with Crippen molar-refractivity contribution in [3.63, 3.8) is 0 Å². The van der Waals surface area contributed by atoms with Crippen molar-refractivity contribution in [3.05, 3.63) is 78.1 Å². The zero-order valence-electron chi connectivity index (χ0n) is 14.3. The van der Waals surface area contributed by atoms with E-state index in [0.29, 0.717) is 6.54 Å². The molecule has 4 aromatic rings. The SMILES string of the molecule is NCC(NC(=O)Cc1c[nH]c2ncccc12)c1ccc2ccccc2c1. The first-order valence-electron chi connectivity index (χ1n) is 8.63. The second-order valence-electron chi connectivity index (χ2n) is 6.35. The molecule has 5 heteroatoms. The van der Waals surface area contributed by atoms with Crippen LogP contribution in [0.1, 0.15) is 17.2 Å². The summed E-state index contributed by atoms with van der Waals surface area (Å²) in [6.45, 7) is 0.347. The lowest BCUT2D eigenvalue weighted by Gasteiger charge is -2.18. The molecule has 26 heavy (non-hydrogen) atoms. The summed E-state index contributed by atoms with van der Waals surface area (Å²) in [5.74, 6) is -0.0571. The number of rotatable bonds is 5. The van der Waals surface area contributed by atoms with Crippen molar-refractivity contribution in [1.82, 2.24) is 15.3 Å². The van der Waals surface area contributed by atoms with E-state index in [2.05, 4.69) is 39.6 Å². The number of fused-ring (bicyclic) bond motifs is 2. The summed E-state index contributed by atoms with van der Waals surface area (Å²) < 4.78 is 0. The molecule has 1 atom stereocenters. The summed E-state index contributed by atoms with van der Waals surface area (Å²) in [5, 5.41) is 6.33. The molecule has 0 fully saturated rings. The van der Waals surface area contributed by atoms with Crippen LogP contribution in [0.5, 0.6) is 0 Å². The van der Waals surface area contributed by atoms with Gasteiger partial charge in [-0.2, -0.15) is 0 Å². The van der Waals surface area contributed by atoms with Gasteiger partial charge in [0.05, 0.1) is 12.5 Å². The molecule has 2 aromatic heterocycles. The van der Waals surface area contributed by atoms with Crippen molar-refractivity contribution in [1.29, 1.82) is 0 Å². The van der Waals surface area contributed by atoms with Gasteiger partial charge in [0.1, 0.15) is 5.65 Å². The molecule has 2 heterocycles. The molecule has 0 bridgehead atoms. The number of aromatic nitrogens is 2. The van der Waals surface area contributed by atoms with Gasteiger partial charge in [-0.3, -0.25) is 4.79 Å². The molecule has 5 nitrogen and oxygen atoms in total. The van der Waals surface area contributed by atoms with E-state index in [-0.39, 0.29) is 18.4 Å². The van der Waals surface area contributed by atoms with E-state index in [0.717, 1.165) is 27.5 Å². The lowest BCUT2D eigenvalue weighted by molar-refractivity contribution is -0.121. The monoisotopic (exact) mass is 344 g/mol. The average molecular weight is 344 g/mol. The molecule has 4 N–H and O–H groups in total.